The number of ether oxygens (including phenoxy) is 4. The second kappa shape index (κ2) is 9.43. The van der Waals surface area contributed by atoms with Gasteiger partial charge in [-0.3, -0.25) is 5.32 Å². The number of benzene rings is 2. The van der Waals surface area contributed by atoms with Gasteiger partial charge in [-0.25, -0.2) is 4.79 Å². The molecule has 2 aromatic carbocycles. The molecule has 1 unspecified atom stereocenters. The molecule has 0 spiro atoms. The van der Waals surface area contributed by atoms with Gasteiger partial charge in [0.15, 0.2) is 0 Å². The highest BCUT2D eigenvalue weighted by molar-refractivity contribution is 6.01. The van der Waals surface area contributed by atoms with Crippen molar-refractivity contribution in [2.24, 2.45) is 5.92 Å². The van der Waals surface area contributed by atoms with Crippen LogP contribution < -0.4 is 15.8 Å². The monoisotopic (exact) mass is 477 g/mol. The maximum Gasteiger partial charge on any atom is 0.411 e. The van der Waals surface area contributed by atoms with Crippen molar-refractivity contribution in [2.75, 3.05) is 37.7 Å². The Bertz CT molecular complexity index is 1210. The average molecular weight is 478 g/mol. The van der Waals surface area contributed by atoms with E-state index in [0.29, 0.717) is 44.3 Å². The Morgan fingerprint density at radius 1 is 1.09 bits per heavy atom. The number of amides is 1. The summed E-state index contributed by atoms with van der Waals surface area (Å²) in [6.45, 7) is 1.83. The van der Waals surface area contributed by atoms with Crippen LogP contribution in [-0.2, 0) is 14.2 Å². The molecule has 35 heavy (non-hydrogen) atoms. The lowest BCUT2D eigenvalue weighted by molar-refractivity contribution is 0.0320. The van der Waals surface area contributed by atoms with Crippen molar-refractivity contribution in [1.29, 1.82) is 0 Å². The minimum atomic E-state index is -0.408. The number of nitrogens with zero attached hydrogens (tertiary/aromatic N) is 1. The SMILES string of the molecule is Nc1c(-c2ccc(NC(=O)OCC3CC3)cc2)n(C2CCC2)c2cc(OCC3COCO3)ccc12. The van der Waals surface area contributed by atoms with Crippen molar-refractivity contribution in [1.82, 2.24) is 4.57 Å². The molecule has 184 valence electrons. The molecule has 3 N–H and O–H groups in total. The van der Waals surface area contributed by atoms with Gasteiger partial charge < -0.3 is 29.2 Å². The van der Waals surface area contributed by atoms with Crippen LogP contribution in [0.4, 0.5) is 16.2 Å². The van der Waals surface area contributed by atoms with Crippen LogP contribution in [0.5, 0.6) is 5.75 Å². The van der Waals surface area contributed by atoms with Crippen LogP contribution in [0.3, 0.4) is 0 Å². The third kappa shape index (κ3) is 4.68. The number of carbonyl (C=O) groups excluding carboxylic acids is 1. The maximum absolute atomic E-state index is 12.0. The first kappa shape index (κ1) is 22.2. The quantitative estimate of drug-likeness (QED) is 0.455. The van der Waals surface area contributed by atoms with Crippen molar-refractivity contribution in [2.45, 2.75) is 44.2 Å². The molecule has 1 atom stereocenters. The van der Waals surface area contributed by atoms with Gasteiger partial charge in [0.25, 0.3) is 0 Å². The lowest BCUT2D eigenvalue weighted by atomic mass is 9.92. The van der Waals surface area contributed by atoms with E-state index in [0.717, 1.165) is 59.3 Å². The molecular weight excluding hydrogens is 446 g/mol. The lowest BCUT2D eigenvalue weighted by Crippen LogP contribution is -2.20. The number of rotatable bonds is 8. The van der Waals surface area contributed by atoms with E-state index >= 15 is 0 Å². The van der Waals surface area contributed by atoms with Gasteiger partial charge in [0, 0.05) is 28.7 Å². The summed E-state index contributed by atoms with van der Waals surface area (Å²) in [7, 11) is 0. The molecule has 1 aliphatic heterocycles. The van der Waals surface area contributed by atoms with E-state index in [4.69, 9.17) is 24.7 Å². The van der Waals surface area contributed by atoms with Gasteiger partial charge in [-0.15, -0.1) is 0 Å². The van der Waals surface area contributed by atoms with Crippen LogP contribution in [0, 0.1) is 5.92 Å². The van der Waals surface area contributed by atoms with Gasteiger partial charge in [-0.05, 0) is 62.3 Å². The zero-order chi connectivity index (χ0) is 23.8. The first-order valence-electron chi connectivity index (χ1n) is 12.5. The standard InChI is InChI=1S/C27H31N3O5/c28-25-23-11-10-21(33-15-22-14-32-16-35-22)12-24(23)30(20-2-1-3-20)26(25)18-6-8-19(9-7-18)29-27(31)34-13-17-4-5-17/h6-12,17,20,22H,1-5,13-16,28H2,(H,29,31). The minimum Gasteiger partial charge on any atom is -0.491 e. The zero-order valence-electron chi connectivity index (χ0n) is 19.7. The Hall–Kier alpha value is -3.23. The molecule has 1 saturated heterocycles. The Labute approximate surface area is 204 Å². The number of fused-ring (bicyclic) bond motifs is 1. The molecule has 2 heterocycles. The van der Waals surface area contributed by atoms with Gasteiger partial charge in [-0.2, -0.15) is 0 Å². The predicted octanol–water partition coefficient (Wildman–Crippen LogP) is 5.33. The maximum atomic E-state index is 12.0. The smallest absolute Gasteiger partial charge is 0.411 e. The van der Waals surface area contributed by atoms with E-state index < -0.39 is 6.09 Å². The van der Waals surface area contributed by atoms with Crippen LogP contribution in [0.15, 0.2) is 42.5 Å². The Morgan fingerprint density at radius 3 is 2.60 bits per heavy atom. The van der Waals surface area contributed by atoms with Gasteiger partial charge in [0.05, 0.1) is 30.1 Å². The Balaban J connectivity index is 1.26. The molecular formula is C27H31N3O5. The van der Waals surface area contributed by atoms with Crippen LogP contribution in [0.25, 0.3) is 22.2 Å². The molecule has 3 fully saturated rings. The fourth-order valence-corrected chi connectivity index (χ4v) is 4.73. The Kier molecular flexibility index (Phi) is 6.00. The number of aromatic nitrogens is 1. The molecule has 1 aromatic heterocycles. The molecule has 0 bridgehead atoms. The second-order valence-corrected chi connectivity index (χ2v) is 9.73. The number of nitrogen functional groups attached to an aromatic ring is 1. The molecule has 3 aromatic rings. The predicted molar refractivity (Wildman–Crippen MR) is 134 cm³/mol. The van der Waals surface area contributed by atoms with Crippen molar-refractivity contribution in [3.8, 4) is 17.0 Å². The van der Waals surface area contributed by atoms with Gasteiger partial charge in [-0.1, -0.05) is 12.1 Å². The normalized spacial score (nSPS) is 20.1. The summed E-state index contributed by atoms with van der Waals surface area (Å²) < 4.78 is 24.4. The second-order valence-electron chi connectivity index (χ2n) is 9.73. The lowest BCUT2D eigenvalue weighted by Gasteiger charge is -2.30. The zero-order valence-corrected chi connectivity index (χ0v) is 19.7. The summed E-state index contributed by atoms with van der Waals surface area (Å²) in [5.41, 5.74) is 11.3. The summed E-state index contributed by atoms with van der Waals surface area (Å²) in [4.78, 5) is 12.0. The first-order valence-corrected chi connectivity index (χ1v) is 12.5. The molecule has 2 saturated carbocycles. The van der Waals surface area contributed by atoms with Gasteiger partial charge in [0.2, 0.25) is 0 Å². The van der Waals surface area contributed by atoms with Gasteiger partial charge >= 0.3 is 6.09 Å². The fraction of sp³-hybridized carbons (Fsp3) is 0.444. The summed E-state index contributed by atoms with van der Waals surface area (Å²) in [6, 6.07) is 14.3. The van der Waals surface area contributed by atoms with Gasteiger partial charge in [0.1, 0.15) is 25.3 Å². The molecule has 1 amide bonds. The van der Waals surface area contributed by atoms with Crippen LogP contribution >= 0.6 is 0 Å². The van der Waals surface area contributed by atoms with E-state index in [1.165, 1.54) is 6.42 Å². The summed E-state index contributed by atoms with van der Waals surface area (Å²) in [6.07, 6.45) is 5.32. The highest BCUT2D eigenvalue weighted by Crippen LogP contribution is 2.45. The first-order chi connectivity index (χ1) is 17.2. The number of anilines is 2. The molecule has 6 rings (SSSR count). The topological polar surface area (TPSA) is 97.0 Å². The van der Waals surface area contributed by atoms with E-state index in [9.17, 15) is 4.79 Å². The average Bonchev–Trinajstić information content (AvgIpc) is 3.44. The van der Waals surface area contributed by atoms with Crippen molar-refractivity contribution in [3.05, 3.63) is 42.5 Å². The van der Waals surface area contributed by atoms with E-state index in [2.05, 4.69) is 16.0 Å². The van der Waals surface area contributed by atoms with Crippen LogP contribution in [0.2, 0.25) is 0 Å². The summed E-state index contributed by atoms with van der Waals surface area (Å²) >= 11 is 0. The van der Waals surface area contributed by atoms with E-state index in [-0.39, 0.29) is 6.10 Å². The van der Waals surface area contributed by atoms with Crippen LogP contribution in [-0.4, -0.2) is 43.4 Å². The highest BCUT2D eigenvalue weighted by atomic mass is 16.7. The van der Waals surface area contributed by atoms with E-state index in [1.807, 2.05) is 36.4 Å². The Morgan fingerprint density at radius 2 is 1.91 bits per heavy atom. The third-order valence-electron chi connectivity index (χ3n) is 7.13. The van der Waals surface area contributed by atoms with Crippen molar-refractivity contribution in [3.63, 3.8) is 0 Å². The number of hydrogen-bond donors (Lipinski definition) is 2. The van der Waals surface area contributed by atoms with Crippen LogP contribution in [0.1, 0.15) is 38.1 Å². The molecule has 8 nitrogen and oxygen atoms in total. The third-order valence-corrected chi connectivity index (χ3v) is 7.13. The fourth-order valence-electron chi connectivity index (χ4n) is 4.73. The molecule has 0 radical (unpaired) electrons. The number of hydrogen-bond acceptors (Lipinski definition) is 6. The number of nitrogens with two attached hydrogens (primary N) is 1. The molecule has 3 aliphatic rings. The molecule has 8 heteroatoms. The van der Waals surface area contributed by atoms with E-state index in [1.54, 1.807) is 0 Å². The number of nitrogens with one attached hydrogen (secondary N) is 1. The number of carbonyl (C=O) groups is 1. The summed E-state index contributed by atoms with van der Waals surface area (Å²) in [5.74, 6) is 1.33. The minimum absolute atomic E-state index is 0.0390. The highest BCUT2D eigenvalue weighted by Gasteiger charge is 2.27. The van der Waals surface area contributed by atoms with Crippen molar-refractivity contribution >= 4 is 28.4 Å². The van der Waals surface area contributed by atoms with Crippen molar-refractivity contribution < 1.29 is 23.7 Å². The molecule has 2 aliphatic carbocycles. The largest absolute Gasteiger partial charge is 0.491 e. The summed E-state index contributed by atoms with van der Waals surface area (Å²) in [5, 5.41) is 3.83.